The van der Waals surface area contributed by atoms with E-state index in [0.717, 1.165) is 68.0 Å². The maximum Gasteiger partial charge on any atom is 0.411 e. The Morgan fingerprint density at radius 3 is 2.52 bits per heavy atom. The topological polar surface area (TPSA) is 111 Å². The van der Waals surface area contributed by atoms with Crippen molar-refractivity contribution in [2.75, 3.05) is 56.7 Å². The molecule has 5 heterocycles. The van der Waals surface area contributed by atoms with E-state index in [9.17, 15) is 4.79 Å². The molecule has 12 heteroatoms. The molecule has 1 aromatic carbocycles. The maximum atomic E-state index is 11.6. The molecule has 0 bridgehead atoms. The monoisotopic (exact) mass is 564 g/mol. The second-order valence-corrected chi connectivity index (χ2v) is 9.86. The Balaban J connectivity index is 0.00000323. The highest BCUT2D eigenvalue weighted by molar-refractivity contribution is 5.89. The second-order valence-electron chi connectivity index (χ2n) is 9.86. The van der Waals surface area contributed by atoms with E-state index in [1.54, 1.807) is 0 Å². The van der Waals surface area contributed by atoms with Gasteiger partial charge in [0, 0.05) is 56.4 Å². The van der Waals surface area contributed by atoms with Gasteiger partial charge in [-0.25, -0.2) is 19.4 Å². The largest absolute Gasteiger partial charge is 0.453 e. The number of fused-ring (bicyclic) bond motifs is 1. The lowest BCUT2D eigenvalue weighted by Gasteiger charge is -2.32. The van der Waals surface area contributed by atoms with E-state index in [0.29, 0.717) is 24.7 Å². The SMILES string of the molecule is COC(=O)Nc1ccc(-c2nc(N3CCOCC3)c3cnn(C4CCN(Cc5cccnc5)CC4)c3n2)cc1.Cl. The Hall–Kier alpha value is -3.80. The first-order valence-corrected chi connectivity index (χ1v) is 13.3. The summed E-state index contributed by atoms with van der Waals surface area (Å²) in [5.41, 5.74) is 3.59. The molecule has 4 aromatic rings. The zero-order chi connectivity index (χ0) is 26.6. The maximum absolute atomic E-state index is 11.6. The van der Waals surface area contributed by atoms with Crippen LogP contribution in [0, 0.1) is 0 Å². The summed E-state index contributed by atoms with van der Waals surface area (Å²) in [7, 11) is 1.34. The van der Waals surface area contributed by atoms with Gasteiger partial charge in [0.05, 0.1) is 37.9 Å². The normalized spacial score (nSPS) is 16.5. The average Bonchev–Trinajstić information content (AvgIpc) is 3.42. The number of hydrogen-bond acceptors (Lipinski definition) is 9. The Labute approximate surface area is 238 Å². The van der Waals surface area contributed by atoms with Crippen molar-refractivity contribution in [2.45, 2.75) is 25.4 Å². The number of methoxy groups -OCH3 is 1. The summed E-state index contributed by atoms with van der Waals surface area (Å²) in [5, 5.41) is 8.49. The van der Waals surface area contributed by atoms with E-state index in [2.05, 4.69) is 30.8 Å². The van der Waals surface area contributed by atoms with Crippen molar-refractivity contribution >= 4 is 41.0 Å². The van der Waals surface area contributed by atoms with Gasteiger partial charge < -0.3 is 14.4 Å². The number of likely N-dealkylation sites (tertiary alicyclic amines) is 1. The molecular weight excluding hydrogens is 532 g/mol. The number of carbonyl (C=O) groups excluding carboxylic acids is 1. The number of nitrogens with one attached hydrogen (secondary N) is 1. The van der Waals surface area contributed by atoms with Gasteiger partial charge >= 0.3 is 6.09 Å². The molecule has 210 valence electrons. The summed E-state index contributed by atoms with van der Waals surface area (Å²) in [5.74, 6) is 1.51. The third-order valence-electron chi connectivity index (χ3n) is 7.35. The van der Waals surface area contributed by atoms with Crippen LogP contribution in [0.3, 0.4) is 0 Å². The standard InChI is InChI=1S/C28H32N8O3.ClH/c1-38-28(37)31-22-6-4-21(5-7-22)25-32-26(35-13-15-39-16-14-35)24-18-30-36(27(24)33-25)23-8-11-34(12-9-23)19-20-3-2-10-29-17-20;/h2-7,10,17-18,23H,8-9,11-16,19H2,1H3,(H,31,37);1H. The van der Waals surface area contributed by atoms with Gasteiger partial charge in [-0.2, -0.15) is 5.10 Å². The van der Waals surface area contributed by atoms with Crippen molar-refractivity contribution in [3.63, 3.8) is 0 Å². The van der Waals surface area contributed by atoms with E-state index in [-0.39, 0.29) is 18.4 Å². The lowest BCUT2D eigenvalue weighted by Crippen LogP contribution is -2.37. The first-order chi connectivity index (χ1) is 19.2. The number of rotatable bonds is 6. The molecule has 0 aliphatic carbocycles. The van der Waals surface area contributed by atoms with Gasteiger partial charge in [-0.15, -0.1) is 12.4 Å². The smallest absolute Gasteiger partial charge is 0.411 e. The van der Waals surface area contributed by atoms with E-state index in [1.807, 2.05) is 48.9 Å². The highest BCUT2D eigenvalue weighted by atomic mass is 35.5. The van der Waals surface area contributed by atoms with Crippen LogP contribution in [-0.2, 0) is 16.0 Å². The molecule has 0 spiro atoms. The number of amides is 1. The molecule has 0 atom stereocenters. The third-order valence-corrected chi connectivity index (χ3v) is 7.35. The Morgan fingerprint density at radius 2 is 1.82 bits per heavy atom. The van der Waals surface area contributed by atoms with Crippen LogP contribution in [0.25, 0.3) is 22.4 Å². The summed E-state index contributed by atoms with van der Waals surface area (Å²) in [6, 6.07) is 11.8. The van der Waals surface area contributed by atoms with Crippen LogP contribution in [0.4, 0.5) is 16.3 Å². The van der Waals surface area contributed by atoms with Crippen LogP contribution in [-0.4, -0.2) is 82.2 Å². The minimum absolute atomic E-state index is 0. The molecule has 6 rings (SSSR count). The molecule has 40 heavy (non-hydrogen) atoms. The van der Waals surface area contributed by atoms with Gasteiger partial charge in [0.2, 0.25) is 0 Å². The highest BCUT2D eigenvalue weighted by Gasteiger charge is 2.26. The van der Waals surface area contributed by atoms with Crippen LogP contribution < -0.4 is 10.2 Å². The number of halogens is 1. The molecule has 1 N–H and O–H groups in total. The second kappa shape index (κ2) is 12.6. The fourth-order valence-corrected chi connectivity index (χ4v) is 5.27. The fourth-order valence-electron chi connectivity index (χ4n) is 5.27. The lowest BCUT2D eigenvalue weighted by molar-refractivity contribution is 0.122. The van der Waals surface area contributed by atoms with Gasteiger partial charge in [0.15, 0.2) is 11.5 Å². The quantitative estimate of drug-likeness (QED) is 0.369. The molecule has 11 nitrogen and oxygen atoms in total. The number of anilines is 2. The molecule has 0 unspecified atom stereocenters. The third kappa shape index (κ3) is 6.01. The molecule has 2 fully saturated rings. The van der Waals surface area contributed by atoms with E-state index >= 15 is 0 Å². The molecular formula is C28H33ClN8O3. The van der Waals surface area contributed by atoms with Crippen LogP contribution in [0.5, 0.6) is 0 Å². The molecule has 2 aliphatic heterocycles. The number of ether oxygens (including phenoxy) is 2. The predicted octanol–water partition coefficient (Wildman–Crippen LogP) is 4.16. The van der Waals surface area contributed by atoms with Gasteiger partial charge in [-0.3, -0.25) is 15.2 Å². The van der Waals surface area contributed by atoms with Crippen LogP contribution in [0.2, 0.25) is 0 Å². The number of pyridine rings is 1. The van der Waals surface area contributed by atoms with Crippen LogP contribution in [0.15, 0.2) is 55.0 Å². The number of morpholine rings is 1. The number of hydrogen-bond donors (Lipinski definition) is 1. The van der Waals surface area contributed by atoms with Crippen molar-refractivity contribution in [1.82, 2.24) is 29.6 Å². The zero-order valence-corrected chi connectivity index (χ0v) is 23.2. The number of nitrogens with zero attached hydrogens (tertiary/aromatic N) is 7. The molecule has 1 amide bonds. The van der Waals surface area contributed by atoms with Crippen LogP contribution >= 0.6 is 12.4 Å². The highest BCUT2D eigenvalue weighted by Crippen LogP contribution is 2.32. The summed E-state index contributed by atoms with van der Waals surface area (Å²) >= 11 is 0. The molecule has 3 aromatic heterocycles. The number of carbonyl (C=O) groups is 1. The minimum Gasteiger partial charge on any atom is -0.453 e. The summed E-state index contributed by atoms with van der Waals surface area (Å²) in [4.78, 5) is 30.6. The van der Waals surface area contributed by atoms with Crippen molar-refractivity contribution in [2.24, 2.45) is 0 Å². The van der Waals surface area contributed by atoms with E-state index in [1.165, 1.54) is 12.7 Å². The molecule has 0 radical (unpaired) electrons. The molecule has 0 saturated carbocycles. The van der Waals surface area contributed by atoms with Gasteiger partial charge in [-0.1, -0.05) is 6.07 Å². The Bertz CT molecular complexity index is 1420. The van der Waals surface area contributed by atoms with Gasteiger partial charge in [-0.05, 0) is 48.7 Å². The zero-order valence-electron chi connectivity index (χ0n) is 22.4. The molecule has 2 aliphatic rings. The molecule has 2 saturated heterocycles. The van der Waals surface area contributed by atoms with Gasteiger partial charge in [0.1, 0.15) is 5.82 Å². The Kier molecular flexibility index (Phi) is 8.73. The number of benzene rings is 1. The van der Waals surface area contributed by atoms with E-state index in [4.69, 9.17) is 24.5 Å². The van der Waals surface area contributed by atoms with Crippen LogP contribution in [0.1, 0.15) is 24.4 Å². The van der Waals surface area contributed by atoms with Crippen molar-refractivity contribution < 1.29 is 14.3 Å². The summed E-state index contributed by atoms with van der Waals surface area (Å²) < 4.78 is 12.4. The fraction of sp³-hybridized carbons (Fsp3) is 0.393. The summed E-state index contributed by atoms with van der Waals surface area (Å²) in [6.07, 6.45) is 7.15. The lowest BCUT2D eigenvalue weighted by atomic mass is 10.0. The predicted molar refractivity (Wildman–Crippen MR) is 155 cm³/mol. The number of aromatic nitrogens is 5. The first kappa shape index (κ1) is 27.8. The average molecular weight is 565 g/mol. The first-order valence-electron chi connectivity index (χ1n) is 13.3. The van der Waals surface area contributed by atoms with Crippen molar-refractivity contribution in [3.05, 3.63) is 60.6 Å². The summed E-state index contributed by atoms with van der Waals surface area (Å²) in [6.45, 7) is 5.76. The van der Waals surface area contributed by atoms with Gasteiger partial charge in [0.25, 0.3) is 0 Å². The minimum atomic E-state index is -0.509. The Morgan fingerprint density at radius 1 is 1.05 bits per heavy atom. The van der Waals surface area contributed by atoms with Crippen molar-refractivity contribution in [1.29, 1.82) is 0 Å². The number of piperidine rings is 1. The van der Waals surface area contributed by atoms with E-state index < -0.39 is 6.09 Å². The van der Waals surface area contributed by atoms with Crippen molar-refractivity contribution in [3.8, 4) is 11.4 Å².